The molecule has 0 radical (unpaired) electrons. The van der Waals surface area contributed by atoms with Crippen molar-refractivity contribution in [2.24, 2.45) is 0 Å². The number of nitrogens with zero attached hydrogens (tertiary/aromatic N) is 2. The van der Waals surface area contributed by atoms with E-state index < -0.39 is 0 Å². The number of pyridine rings is 1. The Morgan fingerprint density at radius 2 is 1.95 bits per heavy atom. The maximum Gasteiger partial charge on any atom is 0.0776 e. The molecular formula is C18H23N3. The van der Waals surface area contributed by atoms with Gasteiger partial charge in [0.05, 0.1) is 11.7 Å². The van der Waals surface area contributed by atoms with Crippen LogP contribution in [0.15, 0.2) is 54.7 Å². The van der Waals surface area contributed by atoms with E-state index >= 15 is 0 Å². The molecule has 0 saturated carbocycles. The lowest BCUT2D eigenvalue weighted by Crippen LogP contribution is -2.46. The highest BCUT2D eigenvalue weighted by Crippen LogP contribution is 2.29. The maximum atomic E-state index is 4.62. The molecule has 1 aromatic heterocycles. The molecule has 3 rings (SSSR count). The highest BCUT2D eigenvalue weighted by molar-refractivity contribution is 5.28. The van der Waals surface area contributed by atoms with Gasteiger partial charge in [-0.25, -0.2) is 0 Å². The van der Waals surface area contributed by atoms with Gasteiger partial charge in [-0.1, -0.05) is 36.4 Å². The summed E-state index contributed by atoms with van der Waals surface area (Å²) >= 11 is 0. The molecule has 3 nitrogen and oxygen atoms in total. The normalized spacial score (nSPS) is 21.1. The van der Waals surface area contributed by atoms with Crippen molar-refractivity contribution in [3.8, 4) is 0 Å². The minimum atomic E-state index is 0.253. The van der Waals surface area contributed by atoms with E-state index in [-0.39, 0.29) is 6.04 Å². The molecule has 3 heteroatoms. The summed E-state index contributed by atoms with van der Waals surface area (Å²) in [7, 11) is 2.06. The highest BCUT2D eigenvalue weighted by atomic mass is 15.2. The van der Waals surface area contributed by atoms with Crippen LogP contribution in [0, 0.1) is 0 Å². The largest absolute Gasteiger partial charge is 0.316 e. The van der Waals surface area contributed by atoms with Crippen molar-refractivity contribution < 1.29 is 0 Å². The standard InChI is InChI=1S/C18H23N3/c1-19-16-10-7-13-21(14-16)18(15-8-3-2-4-9-15)17-11-5-6-12-20-17/h2-6,8-9,11-12,16,18-19H,7,10,13-14H2,1H3. The van der Waals surface area contributed by atoms with Crippen molar-refractivity contribution in [2.75, 3.05) is 20.1 Å². The summed E-state index contributed by atoms with van der Waals surface area (Å²) in [5, 5.41) is 3.43. The topological polar surface area (TPSA) is 28.2 Å². The molecule has 2 aromatic rings. The molecular weight excluding hydrogens is 258 g/mol. The van der Waals surface area contributed by atoms with Gasteiger partial charge in [-0.2, -0.15) is 0 Å². The molecule has 1 saturated heterocycles. The third kappa shape index (κ3) is 3.31. The second kappa shape index (κ2) is 6.83. The van der Waals surface area contributed by atoms with Crippen LogP contribution in [0.25, 0.3) is 0 Å². The van der Waals surface area contributed by atoms with Gasteiger partial charge in [0.2, 0.25) is 0 Å². The van der Waals surface area contributed by atoms with Gasteiger partial charge in [-0.05, 0) is 44.1 Å². The molecule has 21 heavy (non-hydrogen) atoms. The first-order chi connectivity index (χ1) is 10.4. The van der Waals surface area contributed by atoms with E-state index in [1.165, 1.54) is 18.4 Å². The minimum absolute atomic E-state index is 0.253. The number of rotatable bonds is 4. The van der Waals surface area contributed by atoms with Crippen LogP contribution in [0.1, 0.15) is 30.1 Å². The molecule has 1 aliphatic rings. The number of likely N-dealkylation sites (N-methyl/N-ethyl adjacent to an activating group) is 1. The molecule has 2 atom stereocenters. The van der Waals surface area contributed by atoms with Gasteiger partial charge < -0.3 is 5.32 Å². The van der Waals surface area contributed by atoms with E-state index in [1.54, 1.807) is 0 Å². The van der Waals surface area contributed by atoms with Crippen LogP contribution in [-0.2, 0) is 0 Å². The van der Waals surface area contributed by atoms with Gasteiger partial charge in [-0.3, -0.25) is 9.88 Å². The molecule has 1 fully saturated rings. The van der Waals surface area contributed by atoms with Crippen LogP contribution in [0.4, 0.5) is 0 Å². The van der Waals surface area contributed by atoms with Crippen LogP contribution >= 0.6 is 0 Å². The predicted octanol–water partition coefficient (Wildman–Crippen LogP) is 2.85. The van der Waals surface area contributed by atoms with E-state index in [9.17, 15) is 0 Å². The Bertz CT molecular complexity index is 501. The molecule has 1 aliphatic heterocycles. The Kier molecular flexibility index (Phi) is 4.63. The lowest BCUT2D eigenvalue weighted by atomic mass is 9.97. The van der Waals surface area contributed by atoms with E-state index in [0.717, 1.165) is 18.8 Å². The lowest BCUT2D eigenvalue weighted by molar-refractivity contribution is 0.157. The van der Waals surface area contributed by atoms with Crippen LogP contribution in [0.2, 0.25) is 0 Å². The molecule has 0 spiro atoms. The van der Waals surface area contributed by atoms with Crippen LogP contribution in [0.5, 0.6) is 0 Å². The summed E-state index contributed by atoms with van der Waals surface area (Å²) in [5.74, 6) is 0. The second-order valence-corrected chi connectivity index (χ2v) is 5.69. The van der Waals surface area contributed by atoms with Gasteiger partial charge in [0.15, 0.2) is 0 Å². The predicted molar refractivity (Wildman–Crippen MR) is 86.2 cm³/mol. The van der Waals surface area contributed by atoms with Crippen LogP contribution in [0.3, 0.4) is 0 Å². The molecule has 0 bridgehead atoms. The fourth-order valence-corrected chi connectivity index (χ4v) is 3.22. The first-order valence-electron chi connectivity index (χ1n) is 7.75. The first kappa shape index (κ1) is 14.2. The van der Waals surface area contributed by atoms with Crippen molar-refractivity contribution in [2.45, 2.75) is 24.9 Å². The Morgan fingerprint density at radius 1 is 1.14 bits per heavy atom. The zero-order chi connectivity index (χ0) is 14.5. The maximum absolute atomic E-state index is 4.62. The Morgan fingerprint density at radius 3 is 2.67 bits per heavy atom. The molecule has 2 unspecified atom stereocenters. The number of likely N-dealkylation sites (tertiary alicyclic amines) is 1. The molecule has 1 aromatic carbocycles. The summed E-state index contributed by atoms with van der Waals surface area (Å²) in [6.45, 7) is 2.21. The van der Waals surface area contributed by atoms with Crippen molar-refractivity contribution in [1.29, 1.82) is 0 Å². The zero-order valence-corrected chi connectivity index (χ0v) is 12.6. The second-order valence-electron chi connectivity index (χ2n) is 5.69. The Hall–Kier alpha value is -1.71. The lowest BCUT2D eigenvalue weighted by Gasteiger charge is -2.38. The average Bonchev–Trinajstić information content (AvgIpc) is 2.57. The number of nitrogens with one attached hydrogen (secondary N) is 1. The minimum Gasteiger partial charge on any atom is -0.316 e. The highest BCUT2D eigenvalue weighted by Gasteiger charge is 2.28. The van der Waals surface area contributed by atoms with Gasteiger partial charge >= 0.3 is 0 Å². The van der Waals surface area contributed by atoms with Crippen molar-refractivity contribution in [3.63, 3.8) is 0 Å². The summed E-state index contributed by atoms with van der Waals surface area (Å²) in [4.78, 5) is 7.18. The van der Waals surface area contributed by atoms with E-state index in [1.807, 2.05) is 12.3 Å². The summed E-state index contributed by atoms with van der Waals surface area (Å²) < 4.78 is 0. The fourth-order valence-electron chi connectivity index (χ4n) is 3.22. The molecule has 2 heterocycles. The van der Waals surface area contributed by atoms with E-state index in [0.29, 0.717) is 6.04 Å². The van der Waals surface area contributed by atoms with Gasteiger partial charge in [0, 0.05) is 18.8 Å². The summed E-state index contributed by atoms with van der Waals surface area (Å²) in [6, 6.07) is 17.8. The number of hydrogen-bond acceptors (Lipinski definition) is 3. The number of piperidine rings is 1. The monoisotopic (exact) mass is 281 g/mol. The fraction of sp³-hybridized carbons (Fsp3) is 0.389. The van der Waals surface area contributed by atoms with Crippen molar-refractivity contribution >= 4 is 0 Å². The van der Waals surface area contributed by atoms with Crippen LogP contribution < -0.4 is 5.32 Å². The quantitative estimate of drug-likeness (QED) is 0.934. The summed E-state index contributed by atoms with van der Waals surface area (Å²) in [5.41, 5.74) is 2.47. The Labute approximate surface area is 127 Å². The zero-order valence-electron chi connectivity index (χ0n) is 12.6. The molecule has 110 valence electrons. The molecule has 0 aliphatic carbocycles. The third-order valence-electron chi connectivity index (χ3n) is 4.31. The molecule has 1 N–H and O–H groups in total. The summed E-state index contributed by atoms with van der Waals surface area (Å²) in [6.07, 6.45) is 4.39. The van der Waals surface area contributed by atoms with Gasteiger partial charge in [-0.15, -0.1) is 0 Å². The van der Waals surface area contributed by atoms with Crippen LogP contribution in [-0.4, -0.2) is 36.1 Å². The van der Waals surface area contributed by atoms with Gasteiger partial charge in [0.1, 0.15) is 0 Å². The van der Waals surface area contributed by atoms with E-state index in [4.69, 9.17) is 0 Å². The van der Waals surface area contributed by atoms with Crippen molar-refractivity contribution in [3.05, 3.63) is 66.0 Å². The Balaban J connectivity index is 1.93. The first-order valence-corrected chi connectivity index (χ1v) is 7.75. The van der Waals surface area contributed by atoms with Crippen molar-refractivity contribution in [1.82, 2.24) is 15.2 Å². The molecule has 0 amide bonds. The third-order valence-corrected chi connectivity index (χ3v) is 4.31. The number of benzene rings is 1. The van der Waals surface area contributed by atoms with E-state index in [2.05, 4.69) is 64.7 Å². The average molecular weight is 281 g/mol. The smallest absolute Gasteiger partial charge is 0.0776 e. The number of aromatic nitrogens is 1. The van der Waals surface area contributed by atoms with Gasteiger partial charge in [0.25, 0.3) is 0 Å². The number of hydrogen-bond donors (Lipinski definition) is 1. The SMILES string of the molecule is CNC1CCCN(C(c2ccccc2)c2ccccn2)C1.